The molecule has 0 radical (unpaired) electrons. The van der Waals surface area contributed by atoms with Gasteiger partial charge in [-0.15, -0.1) is 0 Å². The third-order valence-electron chi connectivity index (χ3n) is 6.13. The maximum atomic E-state index is 13.1. The average Bonchev–Trinajstić information content (AvgIpc) is 3.10. The molecule has 5 N–H and O–H groups in total. The Kier molecular flexibility index (Phi) is 5.89. The Bertz CT molecular complexity index is 1350. The van der Waals surface area contributed by atoms with E-state index in [1.54, 1.807) is 30.3 Å². The van der Waals surface area contributed by atoms with Crippen molar-refractivity contribution >= 4 is 35.0 Å². The van der Waals surface area contributed by atoms with Gasteiger partial charge < -0.3 is 35.4 Å². The Labute approximate surface area is 211 Å². The van der Waals surface area contributed by atoms with Gasteiger partial charge in [0.15, 0.2) is 10.7 Å². The molecule has 5 rings (SSSR count). The Morgan fingerprint density at radius 2 is 1.56 bits per heavy atom. The van der Waals surface area contributed by atoms with Crippen molar-refractivity contribution in [3.8, 4) is 23.0 Å². The molecule has 36 heavy (non-hydrogen) atoms. The molecular weight excluding hydrogens is 484 g/mol. The van der Waals surface area contributed by atoms with Gasteiger partial charge in [0.2, 0.25) is 0 Å². The van der Waals surface area contributed by atoms with E-state index in [1.807, 2.05) is 0 Å². The largest absolute Gasteiger partial charge is 0.508 e. The smallest absolute Gasteiger partial charge is 0.340 e. The van der Waals surface area contributed by atoms with Gasteiger partial charge in [0, 0.05) is 47.5 Å². The number of ether oxygens (including phenoxy) is 2. The number of hydrogen-bond donors (Lipinski definition) is 5. The second-order valence-corrected chi connectivity index (χ2v) is 8.93. The zero-order valence-corrected chi connectivity index (χ0v) is 19.7. The molecule has 2 aliphatic heterocycles. The van der Waals surface area contributed by atoms with Crippen LogP contribution in [0.4, 0.5) is 5.69 Å². The van der Waals surface area contributed by atoms with Gasteiger partial charge in [0.1, 0.15) is 23.0 Å². The third-order valence-corrected chi connectivity index (χ3v) is 6.38. The van der Waals surface area contributed by atoms with Crippen molar-refractivity contribution in [1.29, 1.82) is 0 Å². The van der Waals surface area contributed by atoms with Gasteiger partial charge in [-0.25, -0.2) is 4.79 Å². The second-order valence-electron chi connectivity index (χ2n) is 8.53. The summed E-state index contributed by atoms with van der Waals surface area (Å²) < 4.78 is 12.0. The van der Waals surface area contributed by atoms with Crippen LogP contribution in [0.2, 0.25) is 0 Å². The van der Waals surface area contributed by atoms with Crippen LogP contribution in [-0.4, -0.2) is 38.9 Å². The first-order chi connectivity index (χ1) is 17.3. The topological polar surface area (TPSA) is 137 Å². The lowest BCUT2D eigenvalue weighted by molar-refractivity contribution is -0.137. The average molecular weight is 507 g/mol. The highest BCUT2D eigenvalue weighted by Gasteiger charge is 2.53. The zero-order valence-electron chi connectivity index (χ0n) is 18.9. The predicted octanol–water partition coefficient (Wildman–Crippen LogP) is 4.21. The highest BCUT2D eigenvalue weighted by molar-refractivity contribution is 7.80. The molecule has 0 unspecified atom stereocenters. The number of benzene rings is 3. The molecule has 0 saturated carbocycles. The molecule has 0 aromatic heterocycles. The number of esters is 1. The predicted molar refractivity (Wildman–Crippen MR) is 134 cm³/mol. The summed E-state index contributed by atoms with van der Waals surface area (Å²) in [5.74, 6) is -0.780. The summed E-state index contributed by atoms with van der Waals surface area (Å²) in [4.78, 5) is 23.8. The molecule has 9 nitrogen and oxygen atoms in total. The Hall–Kier alpha value is -4.31. The number of thiocarbonyl (C=S) groups is 1. The first kappa shape index (κ1) is 23.4. The fourth-order valence-electron chi connectivity index (χ4n) is 4.56. The molecule has 2 heterocycles. The van der Waals surface area contributed by atoms with E-state index in [1.165, 1.54) is 24.3 Å². The maximum absolute atomic E-state index is 13.1. The van der Waals surface area contributed by atoms with Gasteiger partial charge in [-0.3, -0.25) is 4.79 Å². The second kappa shape index (κ2) is 9.04. The van der Waals surface area contributed by atoms with Crippen LogP contribution in [-0.2, 0) is 15.1 Å². The first-order valence-corrected chi connectivity index (χ1v) is 11.7. The normalized spacial score (nSPS) is 14.2. The van der Waals surface area contributed by atoms with Crippen molar-refractivity contribution in [2.45, 2.75) is 24.9 Å². The van der Waals surface area contributed by atoms with E-state index in [4.69, 9.17) is 26.8 Å². The van der Waals surface area contributed by atoms with Gasteiger partial charge in [-0.05, 0) is 61.5 Å². The number of rotatable bonds is 6. The molecule has 0 amide bonds. The van der Waals surface area contributed by atoms with Crippen LogP contribution in [0.1, 0.15) is 46.3 Å². The van der Waals surface area contributed by atoms with E-state index in [0.717, 1.165) is 0 Å². The lowest BCUT2D eigenvalue weighted by Gasteiger charge is -2.36. The van der Waals surface area contributed by atoms with Gasteiger partial charge in [-0.1, -0.05) is 6.07 Å². The number of carbonyl (C=O) groups excluding carboxylic acids is 1. The van der Waals surface area contributed by atoms with E-state index in [0.29, 0.717) is 63.9 Å². The van der Waals surface area contributed by atoms with Crippen LogP contribution >= 0.6 is 12.2 Å². The molecule has 3 aromatic rings. The molecular formula is C26H22N2O7S. The molecule has 0 aliphatic carbocycles. The van der Waals surface area contributed by atoms with E-state index < -0.39 is 17.5 Å². The van der Waals surface area contributed by atoms with E-state index >= 15 is 0 Å². The quantitative estimate of drug-likeness (QED) is 0.188. The molecule has 0 saturated heterocycles. The third kappa shape index (κ3) is 4.05. The van der Waals surface area contributed by atoms with Crippen molar-refractivity contribution in [3.05, 3.63) is 76.9 Å². The van der Waals surface area contributed by atoms with Crippen LogP contribution < -0.4 is 15.4 Å². The number of hydrogen-bond acceptors (Lipinski definition) is 7. The Morgan fingerprint density at radius 3 is 2.19 bits per heavy atom. The number of phenols is 2. The molecule has 1 spiro atoms. The van der Waals surface area contributed by atoms with Crippen molar-refractivity contribution < 1.29 is 34.4 Å². The fraction of sp³-hybridized carbons (Fsp3) is 0.192. The highest BCUT2D eigenvalue weighted by Crippen LogP contribution is 2.57. The van der Waals surface area contributed by atoms with Crippen molar-refractivity contribution in [1.82, 2.24) is 5.32 Å². The van der Waals surface area contributed by atoms with Gasteiger partial charge in [0.05, 0.1) is 5.56 Å². The van der Waals surface area contributed by atoms with Crippen LogP contribution in [0, 0.1) is 0 Å². The fourth-order valence-corrected chi connectivity index (χ4v) is 4.78. The maximum Gasteiger partial charge on any atom is 0.340 e. The van der Waals surface area contributed by atoms with Gasteiger partial charge in [0.25, 0.3) is 0 Å². The van der Waals surface area contributed by atoms with Crippen LogP contribution in [0.15, 0.2) is 54.6 Å². The van der Waals surface area contributed by atoms with Crippen LogP contribution in [0.3, 0.4) is 0 Å². The van der Waals surface area contributed by atoms with Crippen molar-refractivity contribution in [2.75, 3.05) is 11.9 Å². The first-order valence-electron chi connectivity index (χ1n) is 11.3. The van der Waals surface area contributed by atoms with Crippen molar-refractivity contribution in [3.63, 3.8) is 0 Å². The number of carboxylic acids is 1. The van der Waals surface area contributed by atoms with Gasteiger partial charge in [-0.2, -0.15) is 0 Å². The molecule has 0 bridgehead atoms. The number of anilines is 1. The number of nitrogens with one attached hydrogen (secondary N) is 2. The summed E-state index contributed by atoms with van der Waals surface area (Å²) in [5, 5.41) is 35.2. The summed E-state index contributed by atoms with van der Waals surface area (Å²) in [7, 11) is 0. The molecule has 3 aromatic carbocycles. The molecule has 0 fully saturated rings. The summed E-state index contributed by atoms with van der Waals surface area (Å²) >= 11 is 5.32. The molecule has 10 heteroatoms. The number of phenolic OH excluding ortho intramolecular Hbond substituents is 2. The summed E-state index contributed by atoms with van der Waals surface area (Å²) in [6.07, 6.45) is 1.30. The lowest BCUT2D eigenvalue weighted by Crippen LogP contribution is -2.33. The molecule has 0 atom stereocenters. The zero-order chi connectivity index (χ0) is 25.4. The Morgan fingerprint density at radius 1 is 0.917 bits per heavy atom. The Balaban J connectivity index is 1.46. The number of carboxylic acid groups (broad SMARTS) is 1. The standard InChI is InChI=1S/C26H22N2O7S/c29-15-5-8-19-21(12-15)34-22-13-16(30)6-9-20(22)26(19)18-7-4-14(11-17(18)24(33)35-26)28-25(36)27-10-2-1-3-23(31)32/h4-9,11-13,29-30H,1-3,10H2,(H,31,32)(H2,27,28,36). The lowest BCUT2D eigenvalue weighted by atomic mass is 9.77. The molecule has 2 aliphatic rings. The number of fused-ring (bicyclic) bond motifs is 6. The summed E-state index contributed by atoms with van der Waals surface area (Å²) in [6.45, 7) is 0.516. The minimum absolute atomic E-state index is 0.0134. The number of aromatic hydroxyl groups is 2. The van der Waals surface area contributed by atoms with Crippen molar-refractivity contribution in [2.24, 2.45) is 0 Å². The van der Waals surface area contributed by atoms with Crippen LogP contribution in [0.25, 0.3) is 0 Å². The monoisotopic (exact) mass is 506 g/mol. The SMILES string of the molecule is O=C(O)CCCCNC(=S)Nc1ccc2c(c1)C(=O)OC21c2ccc(O)cc2Oc2cc(O)ccc21. The summed E-state index contributed by atoms with van der Waals surface area (Å²) in [5.41, 5.74) is 1.28. The highest BCUT2D eigenvalue weighted by atomic mass is 32.1. The van der Waals surface area contributed by atoms with E-state index in [-0.39, 0.29) is 17.9 Å². The number of unbranched alkanes of at least 4 members (excludes halogenated alkanes) is 1. The van der Waals surface area contributed by atoms with E-state index in [2.05, 4.69) is 10.6 Å². The minimum atomic E-state index is -1.32. The molecule has 184 valence electrons. The number of aliphatic carboxylic acids is 1. The number of carbonyl (C=O) groups is 2. The summed E-state index contributed by atoms with van der Waals surface area (Å²) in [6, 6.07) is 14.4. The van der Waals surface area contributed by atoms with Crippen LogP contribution in [0.5, 0.6) is 23.0 Å². The van der Waals surface area contributed by atoms with E-state index in [9.17, 15) is 19.8 Å². The minimum Gasteiger partial charge on any atom is -0.508 e. The van der Waals surface area contributed by atoms with Gasteiger partial charge >= 0.3 is 11.9 Å².